The number of aromatic amines is 8. The quantitative estimate of drug-likeness (QED) is 0.0500. The lowest BCUT2D eigenvalue weighted by atomic mass is 9.87. The van der Waals surface area contributed by atoms with Crippen LogP contribution in [0.3, 0.4) is 0 Å². The number of methoxy groups -OCH3 is 2. The number of hydrogen-bond acceptors (Lipinski definition) is 8. The van der Waals surface area contributed by atoms with Gasteiger partial charge in [-0.3, -0.25) is 0 Å². The van der Waals surface area contributed by atoms with Gasteiger partial charge in [-0.15, -0.1) is 0 Å². The molecule has 0 atom stereocenters. The SMILES string of the molecule is CN(C)c1ccc(-c2c(-c3ccc(N(C)C)cc3)c3c4ccccc4[nH]c3c3c2[nH]c2ccccc23)cc1.COc1ccc(-c2c(-c3ccccc3Cl)c3c4ccccc4[nH]c3c3c2[nH]c2ccccc23)cc1OC.OCc1ccc(-c2c(-c3ccccc3Cl)c3[nH]c4ccccc4c3c3[nH]c4ccccc4c23)cc1CO.Oc1cc(Br)ccc1-c1c(-c2ccc(Br)cc2O)c2c3ccccc3[nH]c2c2c1[nH]c1ccccc12. The predicted molar refractivity (Wildman–Crippen MR) is 627 cm³/mol. The van der Waals surface area contributed by atoms with Gasteiger partial charge in [0.05, 0.1) is 71.6 Å². The fourth-order valence-corrected chi connectivity index (χ4v) is 23.8. The molecule has 0 saturated carbocycles. The number of benzene rings is 20. The number of para-hydroxylation sites is 8. The molecule has 8 heterocycles. The number of nitrogens with zero attached hydrogens (tertiary/aromatic N) is 2. The van der Waals surface area contributed by atoms with Crippen LogP contribution in [0.1, 0.15) is 11.1 Å². The van der Waals surface area contributed by atoms with Crippen LogP contribution in [0.2, 0.25) is 10.0 Å². The highest BCUT2D eigenvalue weighted by molar-refractivity contribution is 9.10. The van der Waals surface area contributed by atoms with E-state index in [-0.39, 0.29) is 24.7 Å². The van der Waals surface area contributed by atoms with Gasteiger partial charge in [-0.1, -0.05) is 280 Å². The van der Waals surface area contributed by atoms with Crippen LogP contribution in [0, 0.1) is 0 Å². The largest absolute Gasteiger partial charge is 0.507 e. The van der Waals surface area contributed by atoms with E-state index in [1.807, 2.05) is 127 Å². The van der Waals surface area contributed by atoms with Gasteiger partial charge in [-0.05, 0) is 173 Å². The summed E-state index contributed by atoms with van der Waals surface area (Å²) in [5, 5.41) is 62.0. The number of aromatic hydroxyl groups is 2. The molecule has 20 heteroatoms. The Labute approximate surface area is 875 Å². The molecule has 0 fully saturated rings. The second kappa shape index (κ2) is 37.3. The maximum atomic E-state index is 11.2. The van der Waals surface area contributed by atoms with Crippen molar-refractivity contribution in [1.29, 1.82) is 0 Å². The van der Waals surface area contributed by atoms with Crippen molar-refractivity contribution in [3.05, 3.63) is 394 Å². The summed E-state index contributed by atoms with van der Waals surface area (Å²) in [6, 6.07) is 124. The first-order chi connectivity index (χ1) is 72.4. The maximum Gasteiger partial charge on any atom is 0.161 e. The zero-order valence-electron chi connectivity index (χ0n) is 81.1. The van der Waals surface area contributed by atoms with Gasteiger partial charge in [0.15, 0.2) is 11.5 Å². The van der Waals surface area contributed by atoms with E-state index in [1.54, 1.807) is 26.4 Å². The molecule has 720 valence electrons. The molecule has 8 aromatic heterocycles. The Balaban J connectivity index is 0.000000103. The molecule has 0 spiro atoms. The number of ether oxygens (including phenoxy) is 2. The monoisotopic (exact) mass is 2090 g/mol. The predicted octanol–water partition coefficient (Wildman–Crippen LogP) is 34.5. The van der Waals surface area contributed by atoms with E-state index in [2.05, 4.69) is 334 Å². The van der Waals surface area contributed by atoms with Crippen molar-refractivity contribution in [2.45, 2.75) is 13.2 Å². The molecule has 0 aliphatic heterocycles. The molecule has 0 radical (unpaired) electrons. The van der Waals surface area contributed by atoms with Crippen molar-refractivity contribution in [2.75, 3.05) is 52.2 Å². The minimum absolute atomic E-state index is 0.128. The highest BCUT2D eigenvalue weighted by Gasteiger charge is 2.33. The smallest absolute Gasteiger partial charge is 0.161 e. The lowest BCUT2D eigenvalue weighted by molar-refractivity contribution is 0.260. The summed E-state index contributed by atoms with van der Waals surface area (Å²) in [6.07, 6.45) is 0. The molecular weight excluding hydrogens is 2000 g/mol. The minimum atomic E-state index is -0.156. The molecular formula is C128H94Br2Cl2N10O6. The average molecular weight is 2100 g/mol. The third-order valence-corrected chi connectivity index (χ3v) is 30.9. The molecule has 148 heavy (non-hydrogen) atoms. The van der Waals surface area contributed by atoms with Gasteiger partial charge < -0.3 is 79.6 Å². The van der Waals surface area contributed by atoms with Crippen molar-refractivity contribution in [1.82, 2.24) is 39.9 Å². The van der Waals surface area contributed by atoms with E-state index in [1.165, 1.54) is 66.1 Å². The summed E-state index contributed by atoms with van der Waals surface area (Å²) in [6.45, 7) is -0.284. The third-order valence-electron chi connectivity index (χ3n) is 29.2. The number of phenols is 2. The van der Waals surface area contributed by atoms with Crippen molar-refractivity contribution in [3.63, 3.8) is 0 Å². The Morgan fingerprint density at radius 3 is 0.865 bits per heavy atom. The number of phenolic OH excluding ortho intramolecular Hbond substituents is 2. The number of aliphatic hydroxyl groups is 2. The Hall–Kier alpha value is -16.9. The lowest BCUT2D eigenvalue weighted by Gasteiger charge is -2.18. The molecule has 16 nitrogen and oxygen atoms in total. The number of anilines is 2. The number of hydrogen-bond donors (Lipinski definition) is 12. The third kappa shape index (κ3) is 15.2. The van der Waals surface area contributed by atoms with Crippen LogP contribution in [-0.4, -0.2) is 103 Å². The van der Waals surface area contributed by atoms with Crippen LogP contribution in [0.15, 0.2) is 373 Å². The van der Waals surface area contributed by atoms with Crippen molar-refractivity contribution < 1.29 is 29.9 Å². The molecule has 28 rings (SSSR count). The first-order valence-corrected chi connectivity index (χ1v) is 51.2. The number of aromatic nitrogens is 8. The van der Waals surface area contributed by atoms with Gasteiger partial charge in [0, 0.05) is 256 Å². The molecule has 0 saturated heterocycles. The maximum absolute atomic E-state index is 11.2. The Kier molecular flexibility index (Phi) is 23.2. The number of halogens is 4. The topological polar surface area (TPSA) is 232 Å². The summed E-state index contributed by atoms with van der Waals surface area (Å²) in [4.78, 5) is 34.1. The lowest BCUT2D eigenvalue weighted by Crippen LogP contribution is -2.08. The Bertz CT molecular complexity index is 10300. The normalized spacial score (nSPS) is 11.8. The molecule has 0 unspecified atom stereocenters. The van der Waals surface area contributed by atoms with Crippen LogP contribution in [0.25, 0.3) is 263 Å². The van der Waals surface area contributed by atoms with Gasteiger partial charge in [-0.25, -0.2) is 0 Å². The van der Waals surface area contributed by atoms with Crippen molar-refractivity contribution in [3.8, 4) is 112 Å². The summed E-state index contributed by atoms with van der Waals surface area (Å²) in [5.74, 6) is 1.67. The minimum Gasteiger partial charge on any atom is -0.507 e. The van der Waals surface area contributed by atoms with Gasteiger partial charge in [0.2, 0.25) is 0 Å². The first kappa shape index (κ1) is 92.2. The average Bonchev–Trinajstić information content (AvgIpc) is 1.57. The van der Waals surface area contributed by atoms with E-state index in [4.69, 9.17) is 32.7 Å². The molecule has 0 aliphatic rings. The van der Waals surface area contributed by atoms with E-state index in [0.717, 1.165) is 207 Å². The molecule has 28 aromatic rings. The molecule has 0 amide bonds. The second-order valence-electron chi connectivity index (χ2n) is 37.9. The number of H-pyrrole nitrogens is 8. The van der Waals surface area contributed by atoms with Gasteiger partial charge >= 0.3 is 0 Å². The molecule has 12 N–H and O–H groups in total. The number of aliphatic hydroxyl groups excluding tert-OH is 2. The number of fused-ring (bicyclic) bond motifs is 28. The van der Waals surface area contributed by atoms with Crippen LogP contribution < -0.4 is 19.3 Å². The highest BCUT2D eigenvalue weighted by Crippen LogP contribution is 2.58. The first-order valence-electron chi connectivity index (χ1n) is 48.9. The summed E-state index contributed by atoms with van der Waals surface area (Å²) in [7, 11) is 11.7. The summed E-state index contributed by atoms with van der Waals surface area (Å²) in [5.41, 5.74) is 36.8. The Morgan fingerprint density at radius 1 is 0.243 bits per heavy atom. The van der Waals surface area contributed by atoms with Gasteiger partial charge in [-0.2, -0.15) is 0 Å². The highest BCUT2D eigenvalue weighted by atomic mass is 79.9. The summed E-state index contributed by atoms with van der Waals surface area (Å²) >= 11 is 20.7. The van der Waals surface area contributed by atoms with Crippen LogP contribution >= 0.6 is 55.1 Å². The van der Waals surface area contributed by atoms with E-state index in [0.29, 0.717) is 43.8 Å². The molecule has 20 aromatic carbocycles. The number of rotatable bonds is 14. The van der Waals surface area contributed by atoms with Gasteiger partial charge in [0.1, 0.15) is 11.5 Å². The summed E-state index contributed by atoms with van der Waals surface area (Å²) < 4.78 is 12.8. The van der Waals surface area contributed by atoms with Crippen LogP contribution in [0.5, 0.6) is 23.0 Å². The van der Waals surface area contributed by atoms with E-state index >= 15 is 0 Å². The van der Waals surface area contributed by atoms with Crippen LogP contribution in [0.4, 0.5) is 11.4 Å². The van der Waals surface area contributed by atoms with Crippen molar-refractivity contribution >= 4 is 241 Å². The van der Waals surface area contributed by atoms with E-state index < -0.39 is 0 Å². The second-order valence-corrected chi connectivity index (χ2v) is 40.5. The number of nitrogens with one attached hydrogen (secondary N) is 8. The van der Waals surface area contributed by atoms with Gasteiger partial charge in [0.25, 0.3) is 0 Å². The van der Waals surface area contributed by atoms with Crippen LogP contribution in [-0.2, 0) is 13.2 Å². The fourth-order valence-electron chi connectivity index (χ4n) is 22.6. The fraction of sp³-hybridized carbons (Fsp3) is 0.0625. The van der Waals surface area contributed by atoms with Crippen molar-refractivity contribution in [2.24, 2.45) is 0 Å². The standard InChI is InChI=1S/C34H30N4.2C32H23ClN2O2.C30H18Br2N2O2/c1-37(2)23-17-13-21(14-18-23)29-30(22-15-19-24(20-16-22)38(3)4)33-32(26-10-6-8-12-28(26)35-33)34-31(29)25-9-5-7-11-27(25)36-34;1-36-25-16-15-18(17-26(25)37-2)27-28(19-9-3-6-12-22(19)33)29-20-10-4-7-13-23(20)35-32(29)30-21-11-5-8-14-24(21)34-31(27)30;33-24-10-4-1-7-21(24)28-27(18-13-14-19(16-36)20(15-18)17-37)29-22-8-2-5-11-25(22)34-32(29)30-23-9-3-6-12-26(23)35-31(28)30;31-15-9-11-19(23(35)13-15)25-26-17-5-1-3-7-21(17)33-29(26)28-18-6-2-4-8-22(18)34-30(28)27(25)20-12-10-16(32)14-24(20)36/h5-20,35-36H,1-4H3;3-17,34-35H,1-2H3;1-15,34-37H,16-17H2;1-14,33-36H. The Morgan fingerprint density at radius 2 is 0.514 bits per heavy atom. The zero-order valence-corrected chi connectivity index (χ0v) is 85.8. The van der Waals surface area contributed by atoms with E-state index in [9.17, 15) is 20.4 Å². The zero-order chi connectivity index (χ0) is 101. The molecule has 0 aliphatic carbocycles. The molecule has 0 bridgehead atoms.